The first-order valence-electron chi connectivity index (χ1n) is 4.46. The molecular formula is C10H12NO2. The van der Waals surface area contributed by atoms with Crippen LogP contribution in [0.15, 0.2) is 18.2 Å². The SMILES string of the molecule is [NH]Cc1ccc2c(c1)OOCCC2. The molecule has 0 aromatic heterocycles. The van der Waals surface area contributed by atoms with Crippen molar-refractivity contribution in [2.75, 3.05) is 6.61 Å². The lowest BCUT2D eigenvalue weighted by atomic mass is 10.1. The van der Waals surface area contributed by atoms with Gasteiger partial charge in [0.05, 0.1) is 6.61 Å². The zero-order valence-corrected chi connectivity index (χ0v) is 7.38. The van der Waals surface area contributed by atoms with Gasteiger partial charge in [-0.05, 0) is 30.0 Å². The van der Waals surface area contributed by atoms with Gasteiger partial charge >= 0.3 is 0 Å². The average molecular weight is 178 g/mol. The average Bonchev–Trinajstić information content (AvgIpc) is 2.41. The molecule has 0 aliphatic carbocycles. The monoisotopic (exact) mass is 178 g/mol. The second-order valence-electron chi connectivity index (χ2n) is 3.13. The van der Waals surface area contributed by atoms with E-state index < -0.39 is 0 Å². The van der Waals surface area contributed by atoms with E-state index in [2.05, 4.69) is 0 Å². The Morgan fingerprint density at radius 2 is 2.31 bits per heavy atom. The van der Waals surface area contributed by atoms with Crippen LogP contribution >= 0.6 is 0 Å². The van der Waals surface area contributed by atoms with Gasteiger partial charge in [-0.1, -0.05) is 12.1 Å². The van der Waals surface area contributed by atoms with E-state index in [4.69, 9.17) is 15.5 Å². The van der Waals surface area contributed by atoms with Crippen molar-refractivity contribution in [3.63, 3.8) is 0 Å². The molecule has 1 aromatic carbocycles. The van der Waals surface area contributed by atoms with Crippen LogP contribution in [0.3, 0.4) is 0 Å². The molecule has 1 N–H and O–H groups in total. The minimum absolute atomic E-state index is 0.288. The lowest BCUT2D eigenvalue weighted by Gasteiger charge is -2.05. The molecule has 0 bridgehead atoms. The summed E-state index contributed by atoms with van der Waals surface area (Å²) in [6.07, 6.45) is 1.99. The Hall–Kier alpha value is -1.06. The van der Waals surface area contributed by atoms with E-state index in [1.807, 2.05) is 18.2 Å². The fourth-order valence-electron chi connectivity index (χ4n) is 1.42. The summed E-state index contributed by atoms with van der Waals surface area (Å²) in [6.45, 7) is 0.932. The molecule has 0 fully saturated rings. The number of fused-ring (bicyclic) bond motifs is 1. The first kappa shape index (κ1) is 8.53. The molecule has 69 valence electrons. The molecule has 0 amide bonds. The quantitative estimate of drug-likeness (QED) is 0.614. The summed E-state index contributed by atoms with van der Waals surface area (Å²) >= 11 is 0. The summed E-state index contributed by atoms with van der Waals surface area (Å²) < 4.78 is 0. The van der Waals surface area contributed by atoms with E-state index in [1.54, 1.807) is 0 Å². The number of hydrogen-bond donors (Lipinski definition) is 0. The molecule has 3 nitrogen and oxygen atoms in total. The highest BCUT2D eigenvalue weighted by molar-refractivity contribution is 5.37. The number of hydrogen-bond acceptors (Lipinski definition) is 2. The van der Waals surface area contributed by atoms with E-state index in [0.717, 1.165) is 24.2 Å². The van der Waals surface area contributed by atoms with Gasteiger partial charge in [0.1, 0.15) is 0 Å². The smallest absolute Gasteiger partial charge is 0.168 e. The molecule has 0 spiro atoms. The van der Waals surface area contributed by atoms with Gasteiger partial charge in [0.15, 0.2) is 5.75 Å². The summed E-state index contributed by atoms with van der Waals surface area (Å²) in [5, 5.41) is 0. The van der Waals surface area contributed by atoms with Crippen molar-refractivity contribution in [3.05, 3.63) is 29.3 Å². The minimum Gasteiger partial charge on any atom is -0.337 e. The summed E-state index contributed by atoms with van der Waals surface area (Å²) in [5.74, 6) is 0.780. The molecule has 1 aliphatic rings. The summed E-state index contributed by atoms with van der Waals surface area (Å²) in [7, 11) is 0. The number of aryl methyl sites for hydroxylation is 1. The Kier molecular flexibility index (Phi) is 2.47. The lowest BCUT2D eigenvalue weighted by molar-refractivity contribution is -0.203. The molecule has 0 saturated carbocycles. The largest absolute Gasteiger partial charge is 0.337 e. The molecule has 1 aliphatic heterocycles. The number of benzene rings is 1. The molecule has 0 saturated heterocycles. The Morgan fingerprint density at radius 1 is 1.38 bits per heavy atom. The van der Waals surface area contributed by atoms with Crippen LogP contribution in [0.4, 0.5) is 0 Å². The van der Waals surface area contributed by atoms with Crippen LogP contribution < -0.4 is 10.6 Å². The summed E-state index contributed by atoms with van der Waals surface area (Å²) in [6, 6.07) is 5.88. The van der Waals surface area contributed by atoms with Gasteiger partial charge in [-0.15, -0.1) is 0 Å². The van der Waals surface area contributed by atoms with Crippen LogP contribution in [0.5, 0.6) is 5.75 Å². The normalized spacial score (nSPS) is 15.8. The van der Waals surface area contributed by atoms with Crippen LogP contribution in [0, 0.1) is 0 Å². The number of nitrogens with one attached hydrogen (secondary N) is 1. The van der Waals surface area contributed by atoms with E-state index in [9.17, 15) is 0 Å². The van der Waals surface area contributed by atoms with Gasteiger partial charge in [0, 0.05) is 6.54 Å². The summed E-state index contributed by atoms with van der Waals surface area (Å²) in [5.41, 5.74) is 9.36. The maximum Gasteiger partial charge on any atom is 0.168 e. The third-order valence-electron chi connectivity index (χ3n) is 2.16. The third kappa shape index (κ3) is 1.82. The van der Waals surface area contributed by atoms with Crippen LogP contribution in [0.25, 0.3) is 0 Å². The van der Waals surface area contributed by atoms with E-state index in [1.165, 1.54) is 5.56 Å². The van der Waals surface area contributed by atoms with Crippen LogP contribution in [-0.4, -0.2) is 6.61 Å². The zero-order valence-electron chi connectivity index (χ0n) is 7.38. The van der Waals surface area contributed by atoms with Crippen molar-refractivity contribution in [3.8, 4) is 5.75 Å². The second kappa shape index (κ2) is 3.77. The minimum atomic E-state index is 0.288. The summed E-state index contributed by atoms with van der Waals surface area (Å²) in [4.78, 5) is 10.1. The second-order valence-corrected chi connectivity index (χ2v) is 3.13. The first-order chi connectivity index (χ1) is 6.40. The molecule has 1 radical (unpaired) electrons. The lowest BCUT2D eigenvalue weighted by Crippen LogP contribution is -1.96. The molecule has 13 heavy (non-hydrogen) atoms. The first-order valence-corrected chi connectivity index (χ1v) is 4.46. The van der Waals surface area contributed by atoms with E-state index in [-0.39, 0.29) is 6.54 Å². The van der Waals surface area contributed by atoms with Crippen molar-refractivity contribution < 1.29 is 9.78 Å². The van der Waals surface area contributed by atoms with Crippen molar-refractivity contribution in [1.29, 1.82) is 0 Å². The molecule has 3 heteroatoms. The fraction of sp³-hybridized carbons (Fsp3) is 0.400. The maximum atomic E-state index is 7.22. The highest BCUT2D eigenvalue weighted by Crippen LogP contribution is 2.24. The van der Waals surface area contributed by atoms with Gasteiger partial charge in [0.25, 0.3) is 0 Å². The van der Waals surface area contributed by atoms with Gasteiger partial charge < -0.3 is 4.89 Å². The molecule has 0 unspecified atom stereocenters. The van der Waals surface area contributed by atoms with Crippen molar-refractivity contribution in [2.24, 2.45) is 0 Å². The van der Waals surface area contributed by atoms with Crippen molar-refractivity contribution in [2.45, 2.75) is 19.4 Å². The van der Waals surface area contributed by atoms with Gasteiger partial charge in [-0.2, -0.15) is 4.89 Å². The molecule has 0 atom stereocenters. The third-order valence-corrected chi connectivity index (χ3v) is 2.16. The zero-order chi connectivity index (χ0) is 9.10. The highest BCUT2D eigenvalue weighted by Gasteiger charge is 2.09. The maximum absolute atomic E-state index is 7.22. The van der Waals surface area contributed by atoms with Crippen molar-refractivity contribution >= 4 is 0 Å². The standard InChI is InChI=1S/C10H12NO2/c11-7-8-3-4-9-2-1-5-12-13-10(9)6-8/h3-4,6,11H,1-2,5,7H2. The predicted octanol–water partition coefficient (Wildman–Crippen LogP) is 1.73. The number of rotatable bonds is 1. The van der Waals surface area contributed by atoms with E-state index in [0.29, 0.717) is 6.61 Å². The van der Waals surface area contributed by atoms with E-state index >= 15 is 0 Å². The molecule has 1 heterocycles. The molecular weight excluding hydrogens is 166 g/mol. The predicted molar refractivity (Wildman–Crippen MR) is 48.1 cm³/mol. The molecule has 2 rings (SSSR count). The van der Waals surface area contributed by atoms with Crippen LogP contribution in [0.2, 0.25) is 0 Å². The van der Waals surface area contributed by atoms with Gasteiger partial charge in [0.2, 0.25) is 0 Å². The Labute approximate surface area is 77.4 Å². The van der Waals surface area contributed by atoms with Gasteiger partial charge in [-0.3, -0.25) is 5.73 Å². The Morgan fingerprint density at radius 3 is 3.15 bits per heavy atom. The molecule has 1 aromatic rings. The van der Waals surface area contributed by atoms with Crippen molar-refractivity contribution in [1.82, 2.24) is 5.73 Å². The Balaban J connectivity index is 2.32. The fourth-order valence-corrected chi connectivity index (χ4v) is 1.42. The van der Waals surface area contributed by atoms with Crippen LogP contribution in [-0.2, 0) is 17.9 Å². The highest BCUT2D eigenvalue weighted by atomic mass is 17.2. The van der Waals surface area contributed by atoms with Gasteiger partial charge in [-0.25, -0.2) is 0 Å². The Bertz CT molecular complexity index is 299. The van der Waals surface area contributed by atoms with Crippen LogP contribution in [0.1, 0.15) is 17.5 Å². The topological polar surface area (TPSA) is 42.3 Å².